The van der Waals surface area contributed by atoms with E-state index >= 15 is 0 Å². The smallest absolute Gasteiger partial charge is 0.411 e. The number of rotatable bonds is 5. The summed E-state index contributed by atoms with van der Waals surface area (Å²) in [6, 6.07) is 0. The number of morpholine rings is 1. The summed E-state index contributed by atoms with van der Waals surface area (Å²) in [4.78, 5) is 34.5. The number of imidazole rings is 1. The fraction of sp³-hybridized carbons (Fsp3) is 0.654. The van der Waals surface area contributed by atoms with Gasteiger partial charge in [-0.15, -0.1) is 0 Å². The van der Waals surface area contributed by atoms with Crippen molar-refractivity contribution in [3.8, 4) is 0 Å². The maximum Gasteiger partial charge on any atom is 0.411 e. The first-order valence-electron chi connectivity index (χ1n) is 13.1. The number of hydrogen-bond donors (Lipinski definition) is 0. The van der Waals surface area contributed by atoms with E-state index in [0.29, 0.717) is 50.5 Å². The standard InChI is InChI=1S/C26H35ClF3N7O3/c1-7-25(5)9-8-16(14-31-21(25)35(6)23(38)40-24(2,3)4)18-33-19(36-10-12-39-13-11-36)17-20(34-18)37(22(27)32-17)15-26(28,29)30/h8,14,21H,7,9-13,15H2,1-6H3. The SMILES string of the molecule is CCC1(C)CC=C(c2nc(N3CCOCC3)c3nc(Cl)n(CC(F)(F)F)c3n2)C=NC1N(C)C(=O)OC(C)(C)C. The molecule has 2 atom stereocenters. The molecule has 4 heterocycles. The van der Waals surface area contributed by atoms with Gasteiger partial charge in [0, 0.05) is 37.3 Å². The molecule has 0 N–H and O–H groups in total. The summed E-state index contributed by atoms with van der Waals surface area (Å²) in [5, 5.41) is -0.325. The zero-order valence-corrected chi connectivity index (χ0v) is 24.3. The molecule has 2 aromatic heterocycles. The van der Waals surface area contributed by atoms with E-state index in [1.165, 1.54) is 4.90 Å². The van der Waals surface area contributed by atoms with E-state index in [4.69, 9.17) is 31.1 Å². The minimum Gasteiger partial charge on any atom is -0.444 e. The molecule has 40 heavy (non-hydrogen) atoms. The topological polar surface area (TPSA) is 98.0 Å². The van der Waals surface area contributed by atoms with Crippen LogP contribution in [-0.4, -0.2) is 88.0 Å². The average molecular weight is 586 g/mol. The summed E-state index contributed by atoms with van der Waals surface area (Å²) in [6.07, 6.45) is -0.918. The molecule has 0 saturated carbocycles. The minimum absolute atomic E-state index is 0.0203. The van der Waals surface area contributed by atoms with Crippen LogP contribution in [0, 0.1) is 5.41 Å². The number of hydrogen-bond acceptors (Lipinski definition) is 8. The molecular formula is C26H35ClF3N7O3. The van der Waals surface area contributed by atoms with Gasteiger partial charge in [-0.05, 0) is 45.2 Å². The summed E-state index contributed by atoms with van der Waals surface area (Å²) < 4.78 is 52.2. The fourth-order valence-electron chi connectivity index (χ4n) is 4.71. The lowest BCUT2D eigenvalue weighted by molar-refractivity contribution is -0.140. The van der Waals surface area contributed by atoms with E-state index in [0.717, 1.165) is 4.57 Å². The van der Waals surface area contributed by atoms with E-state index in [1.54, 1.807) is 34.0 Å². The third-order valence-corrected chi connectivity index (χ3v) is 7.35. The van der Waals surface area contributed by atoms with Gasteiger partial charge in [-0.1, -0.05) is 19.9 Å². The van der Waals surface area contributed by atoms with E-state index < -0.39 is 36.0 Å². The Hall–Kier alpha value is -2.93. The van der Waals surface area contributed by atoms with Crippen LogP contribution in [0.25, 0.3) is 16.7 Å². The quantitative estimate of drug-likeness (QED) is 0.437. The second-order valence-corrected chi connectivity index (χ2v) is 11.7. The Bertz CT molecular complexity index is 1320. The summed E-state index contributed by atoms with van der Waals surface area (Å²) >= 11 is 6.18. The molecule has 0 aromatic carbocycles. The number of amides is 1. The Morgan fingerprint density at radius 3 is 2.50 bits per heavy atom. The minimum atomic E-state index is -4.53. The molecule has 0 radical (unpaired) electrons. The van der Waals surface area contributed by atoms with Gasteiger partial charge in [-0.25, -0.2) is 19.7 Å². The van der Waals surface area contributed by atoms with Crippen LogP contribution in [0.15, 0.2) is 11.1 Å². The number of allylic oxidation sites excluding steroid dienone is 2. The van der Waals surface area contributed by atoms with Gasteiger partial charge in [0.1, 0.15) is 18.3 Å². The van der Waals surface area contributed by atoms with Crippen molar-refractivity contribution in [2.75, 3.05) is 38.3 Å². The molecule has 220 valence electrons. The second kappa shape index (κ2) is 11.2. The van der Waals surface area contributed by atoms with Gasteiger partial charge in [-0.2, -0.15) is 13.2 Å². The molecule has 2 aliphatic rings. The number of nitrogens with zero attached hydrogens (tertiary/aromatic N) is 7. The molecule has 0 aliphatic carbocycles. The molecule has 1 fully saturated rings. The Morgan fingerprint density at radius 2 is 1.90 bits per heavy atom. The van der Waals surface area contributed by atoms with Crippen LogP contribution in [0.4, 0.5) is 23.8 Å². The molecule has 0 bridgehead atoms. The van der Waals surface area contributed by atoms with Crippen molar-refractivity contribution >= 4 is 46.5 Å². The largest absolute Gasteiger partial charge is 0.444 e. The molecule has 4 rings (SSSR count). The van der Waals surface area contributed by atoms with E-state index in [2.05, 4.69) is 9.97 Å². The van der Waals surface area contributed by atoms with Crippen molar-refractivity contribution in [1.82, 2.24) is 24.4 Å². The van der Waals surface area contributed by atoms with Gasteiger partial charge in [0.05, 0.1) is 13.2 Å². The highest BCUT2D eigenvalue weighted by Gasteiger charge is 2.39. The maximum absolute atomic E-state index is 13.4. The first-order chi connectivity index (χ1) is 18.6. The zero-order valence-electron chi connectivity index (χ0n) is 23.5. The monoisotopic (exact) mass is 585 g/mol. The Balaban J connectivity index is 1.80. The van der Waals surface area contributed by atoms with E-state index in [1.807, 2.05) is 24.8 Å². The molecule has 1 saturated heterocycles. The summed E-state index contributed by atoms with van der Waals surface area (Å²) in [5.74, 6) is 0.571. The number of anilines is 1. The molecular weight excluding hydrogens is 551 g/mol. The normalized spacial score (nSPS) is 22.3. The number of alkyl halides is 3. The van der Waals surface area contributed by atoms with Gasteiger partial charge >= 0.3 is 12.3 Å². The predicted octanol–water partition coefficient (Wildman–Crippen LogP) is 5.35. The number of ether oxygens (including phenoxy) is 2. The van der Waals surface area contributed by atoms with Gasteiger partial charge in [0.25, 0.3) is 0 Å². The number of aliphatic imine (C=N–C) groups is 1. The van der Waals surface area contributed by atoms with Crippen LogP contribution >= 0.6 is 11.6 Å². The zero-order chi connectivity index (χ0) is 29.5. The third kappa shape index (κ3) is 6.51. The Kier molecular flexibility index (Phi) is 8.38. The van der Waals surface area contributed by atoms with Crippen molar-refractivity contribution in [2.24, 2.45) is 10.4 Å². The van der Waals surface area contributed by atoms with Crippen LogP contribution in [0.5, 0.6) is 0 Å². The molecule has 2 aromatic rings. The fourth-order valence-corrected chi connectivity index (χ4v) is 4.94. The number of carbonyl (C=O) groups is 1. The van der Waals surface area contributed by atoms with E-state index in [-0.39, 0.29) is 22.3 Å². The lowest BCUT2D eigenvalue weighted by Crippen LogP contribution is -2.47. The van der Waals surface area contributed by atoms with Crippen molar-refractivity contribution in [3.05, 3.63) is 17.2 Å². The molecule has 14 heteroatoms. The highest BCUT2D eigenvalue weighted by Crippen LogP contribution is 2.38. The highest BCUT2D eigenvalue weighted by molar-refractivity contribution is 6.29. The van der Waals surface area contributed by atoms with Crippen molar-refractivity contribution in [2.45, 2.75) is 71.9 Å². The van der Waals surface area contributed by atoms with Gasteiger partial charge < -0.3 is 14.4 Å². The second-order valence-electron chi connectivity index (χ2n) is 11.3. The molecule has 10 nitrogen and oxygen atoms in total. The Morgan fingerprint density at radius 1 is 1.23 bits per heavy atom. The number of fused-ring (bicyclic) bond motifs is 1. The van der Waals surface area contributed by atoms with E-state index in [9.17, 15) is 18.0 Å². The lowest BCUT2D eigenvalue weighted by Gasteiger charge is -2.39. The van der Waals surface area contributed by atoms with Crippen LogP contribution < -0.4 is 4.90 Å². The summed E-state index contributed by atoms with van der Waals surface area (Å²) in [6.45, 7) is 9.93. The first-order valence-corrected chi connectivity index (χ1v) is 13.5. The summed E-state index contributed by atoms with van der Waals surface area (Å²) in [7, 11) is 1.64. The molecule has 2 aliphatic heterocycles. The molecule has 2 unspecified atom stereocenters. The first kappa shape index (κ1) is 30.0. The maximum atomic E-state index is 13.4. The van der Waals surface area contributed by atoms with Crippen molar-refractivity contribution < 1.29 is 27.4 Å². The average Bonchev–Trinajstić information content (AvgIpc) is 3.06. The van der Waals surface area contributed by atoms with Gasteiger partial charge in [0.2, 0.25) is 5.28 Å². The summed E-state index contributed by atoms with van der Waals surface area (Å²) in [5.41, 5.74) is -0.444. The van der Waals surface area contributed by atoms with Crippen LogP contribution in [0.3, 0.4) is 0 Å². The number of aromatic nitrogens is 4. The third-order valence-electron chi connectivity index (χ3n) is 7.06. The number of carbonyl (C=O) groups excluding carboxylic acids is 1. The predicted molar refractivity (Wildman–Crippen MR) is 147 cm³/mol. The highest BCUT2D eigenvalue weighted by atomic mass is 35.5. The van der Waals surface area contributed by atoms with Crippen molar-refractivity contribution in [3.63, 3.8) is 0 Å². The lowest BCUT2D eigenvalue weighted by atomic mass is 9.80. The molecule has 1 amide bonds. The van der Waals surface area contributed by atoms with Crippen LogP contribution in [-0.2, 0) is 16.0 Å². The van der Waals surface area contributed by atoms with Crippen LogP contribution in [0.1, 0.15) is 53.3 Å². The van der Waals surface area contributed by atoms with Gasteiger partial charge in [-0.3, -0.25) is 14.5 Å². The van der Waals surface area contributed by atoms with Crippen LogP contribution in [0.2, 0.25) is 5.28 Å². The number of halogens is 4. The molecule has 0 spiro atoms. The van der Waals surface area contributed by atoms with Gasteiger partial charge in [0.15, 0.2) is 22.8 Å². The Labute approximate surface area is 236 Å². The van der Waals surface area contributed by atoms with Crippen molar-refractivity contribution in [1.29, 1.82) is 0 Å².